The maximum absolute atomic E-state index is 7.60. The van der Waals surface area contributed by atoms with Crippen molar-refractivity contribution in [3.05, 3.63) is 80.9 Å². The summed E-state index contributed by atoms with van der Waals surface area (Å²) in [5.74, 6) is 0. The van der Waals surface area contributed by atoms with E-state index in [0.717, 1.165) is 12.8 Å². The van der Waals surface area contributed by atoms with Crippen LogP contribution in [0.25, 0.3) is 11.1 Å². The number of benzene rings is 2. The zero-order chi connectivity index (χ0) is 21.1. The maximum atomic E-state index is 7.60. The Balaban J connectivity index is 0.00000256. The SMILES string of the molecule is CCc1cccc2c1C(C)=C(C)C2(Cl)[SiH2]C1(Cl)C(C)=C(C)c2c(CC)cccc21.[Zr]. The van der Waals surface area contributed by atoms with Crippen LogP contribution in [-0.2, 0) is 48.0 Å². The summed E-state index contributed by atoms with van der Waals surface area (Å²) in [4.78, 5) is 0. The molecule has 2 unspecified atom stereocenters. The molecule has 0 saturated carbocycles. The molecule has 2 aromatic rings. The van der Waals surface area contributed by atoms with E-state index in [0.29, 0.717) is 0 Å². The summed E-state index contributed by atoms with van der Waals surface area (Å²) in [6.07, 6.45) is 2.05. The molecule has 0 radical (unpaired) electrons. The Morgan fingerprint density at radius 3 is 1.40 bits per heavy atom. The minimum Gasteiger partial charge on any atom is -0.114 e. The van der Waals surface area contributed by atoms with Gasteiger partial charge in [-0.15, -0.1) is 23.2 Å². The quantitative estimate of drug-likeness (QED) is 0.292. The normalized spacial score (nSPS) is 25.2. The molecule has 0 fully saturated rings. The van der Waals surface area contributed by atoms with Crippen LogP contribution >= 0.6 is 23.2 Å². The molecule has 0 spiro atoms. The predicted molar refractivity (Wildman–Crippen MR) is 132 cm³/mol. The molecule has 156 valence electrons. The largest absolute Gasteiger partial charge is 0.114 e. The second kappa shape index (κ2) is 8.51. The van der Waals surface area contributed by atoms with Gasteiger partial charge < -0.3 is 0 Å². The van der Waals surface area contributed by atoms with Crippen LogP contribution in [-0.4, -0.2) is 9.52 Å². The molecule has 2 aliphatic rings. The van der Waals surface area contributed by atoms with Crippen molar-refractivity contribution in [3.63, 3.8) is 0 Å². The first-order valence-electron chi connectivity index (χ1n) is 10.7. The van der Waals surface area contributed by atoms with Crippen molar-refractivity contribution in [3.8, 4) is 0 Å². The van der Waals surface area contributed by atoms with Gasteiger partial charge in [0.2, 0.25) is 0 Å². The molecule has 0 bridgehead atoms. The first-order chi connectivity index (χ1) is 13.7. The molecular formula is C26H30Cl2SiZr. The summed E-state index contributed by atoms with van der Waals surface area (Å²) in [5, 5.41) is 0. The van der Waals surface area contributed by atoms with Crippen LogP contribution in [0, 0.1) is 0 Å². The summed E-state index contributed by atoms with van der Waals surface area (Å²) >= 11 is 15.2. The summed E-state index contributed by atoms with van der Waals surface area (Å²) < 4.78 is -0.893. The van der Waals surface area contributed by atoms with E-state index in [9.17, 15) is 0 Å². The summed E-state index contributed by atoms with van der Waals surface area (Å²) in [5.41, 5.74) is 13.4. The van der Waals surface area contributed by atoms with Crippen molar-refractivity contribution in [1.82, 2.24) is 0 Å². The molecule has 0 nitrogen and oxygen atoms in total. The Morgan fingerprint density at radius 1 is 0.700 bits per heavy atom. The fourth-order valence-electron chi connectivity index (χ4n) is 5.50. The molecule has 30 heavy (non-hydrogen) atoms. The van der Waals surface area contributed by atoms with Gasteiger partial charge in [-0.1, -0.05) is 50.2 Å². The van der Waals surface area contributed by atoms with Gasteiger partial charge in [0, 0.05) is 26.2 Å². The Morgan fingerprint density at radius 2 is 1.07 bits per heavy atom. The molecule has 0 aromatic heterocycles. The predicted octanol–water partition coefficient (Wildman–Crippen LogP) is 7.08. The van der Waals surface area contributed by atoms with Crippen molar-refractivity contribution >= 4 is 43.9 Å². The minimum atomic E-state index is -1.04. The van der Waals surface area contributed by atoms with Crippen LogP contribution in [0.4, 0.5) is 0 Å². The van der Waals surface area contributed by atoms with Crippen LogP contribution in [0.2, 0.25) is 0 Å². The maximum Gasteiger partial charge on any atom is 0.0923 e. The topological polar surface area (TPSA) is 0 Å². The molecule has 2 aliphatic carbocycles. The Kier molecular flexibility index (Phi) is 6.88. The van der Waals surface area contributed by atoms with Gasteiger partial charge in [0.05, 0.1) is 18.5 Å². The molecule has 0 heterocycles. The van der Waals surface area contributed by atoms with Crippen molar-refractivity contribution in [2.24, 2.45) is 0 Å². The van der Waals surface area contributed by atoms with E-state index in [1.165, 1.54) is 55.7 Å². The molecule has 0 aliphatic heterocycles. The third kappa shape index (κ3) is 3.24. The second-order valence-electron chi connectivity index (χ2n) is 8.67. The number of allylic oxidation sites excluding steroid dienone is 4. The number of aryl methyl sites for hydroxylation is 2. The van der Waals surface area contributed by atoms with E-state index in [-0.39, 0.29) is 26.2 Å². The van der Waals surface area contributed by atoms with E-state index >= 15 is 0 Å². The van der Waals surface area contributed by atoms with Crippen LogP contribution in [0.15, 0.2) is 47.5 Å². The standard InChI is InChI=1S/C26H30Cl2Si.Zr/c1-7-19-11-9-13-21-23(19)15(3)17(5)25(21,27)29-26(28)18(6)16(4)24-20(8-2)12-10-14-22(24)26;/h9-14H,7-8,29H2,1-6H3;. The molecule has 0 amide bonds. The van der Waals surface area contributed by atoms with Gasteiger partial charge in [0.25, 0.3) is 0 Å². The summed E-state index contributed by atoms with van der Waals surface area (Å²) in [6.45, 7) is 13.4. The molecular weight excluding hydrogens is 503 g/mol. The first-order valence-corrected chi connectivity index (χ1v) is 12.9. The van der Waals surface area contributed by atoms with Gasteiger partial charge in [-0.2, -0.15) is 0 Å². The van der Waals surface area contributed by atoms with E-state index < -0.39 is 18.5 Å². The van der Waals surface area contributed by atoms with Crippen LogP contribution < -0.4 is 0 Å². The third-order valence-electron chi connectivity index (χ3n) is 7.47. The van der Waals surface area contributed by atoms with Gasteiger partial charge in [-0.3, -0.25) is 0 Å². The zero-order valence-corrected chi connectivity index (χ0v) is 24.2. The molecule has 4 rings (SSSR count). The second-order valence-corrected chi connectivity index (χ2v) is 13.3. The molecule has 0 saturated heterocycles. The van der Waals surface area contributed by atoms with Crippen molar-refractivity contribution in [1.29, 1.82) is 0 Å². The van der Waals surface area contributed by atoms with Crippen molar-refractivity contribution < 1.29 is 26.2 Å². The van der Waals surface area contributed by atoms with Crippen LogP contribution in [0.5, 0.6) is 0 Å². The van der Waals surface area contributed by atoms with Crippen molar-refractivity contribution in [2.45, 2.75) is 63.4 Å². The Bertz CT molecular complexity index is 999. The van der Waals surface area contributed by atoms with Crippen LogP contribution in [0.3, 0.4) is 0 Å². The summed E-state index contributed by atoms with van der Waals surface area (Å²) in [6, 6.07) is 13.3. The Hall–Kier alpha value is -0.400. The van der Waals surface area contributed by atoms with Gasteiger partial charge in [-0.25, -0.2) is 0 Å². The zero-order valence-electron chi connectivity index (χ0n) is 18.8. The smallest absolute Gasteiger partial charge is 0.0923 e. The average Bonchev–Trinajstić information content (AvgIpc) is 3.04. The summed E-state index contributed by atoms with van der Waals surface area (Å²) in [7, 11) is -1.04. The van der Waals surface area contributed by atoms with Gasteiger partial charge >= 0.3 is 0 Å². The molecule has 2 atom stereocenters. The van der Waals surface area contributed by atoms with Crippen LogP contribution in [0.1, 0.15) is 74.9 Å². The number of fused-ring (bicyclic) bond motifs is 2. The van der Waals surface area contributed by atoms with E-state index in [4.69, 9.17) is 23.2 Å². The van der Waals surface area contributed by atoms with Gasteiger partial charge in [-0.05, 0) is 96.2 Å². The molecule has 4 heteroatoms. The fraction of sp³-hybridized carbons (Fsp3) is 0.385. The van der Waals surface area contributed by atoms with Gasteiger partial charge in [0.15, 0.2) is 0 Å². The number of alkyl halides is 2. The number of hydrogen-bond donors (Lipinski definition) is 0. The monoisotopic (exact) mass is 530 g/mol. The minimum absolute atomic E-state index is 0. The Labute approximate surface area is 213 Å². The number of rotatable bonds is 4. The molecule has 0 N–H and O–H groups in total. The van der Waals surface area contributed by atoms with E-state index in [1.807, 2.05) is 0 Å². The molecule has 2 aromatic carbocycles. The number of hydrogen-bond acceptors (Lipinski definition) is 0. The van der Waals surface area contributed by atoms with E-state index in [1.54, 1.807) is 0 Å². The fourth-order valence-corrected chi connectivity index (χ4v) is 10.2. The van der Waals surface area contributed by atoms with Crippen molar-refractivity contribution in [2.75, 3.05) is 0 Å². The third-order valence-corrected chi connectivity index (χ3v) is 12.0. The first kappa shape index (κ1) is 24.2. The average molecular weight is 533 g/mol. The van der Waals surface area contributed by atoms with E-state index in [2.05, 4.69) is 77.9 Å². The number of halogens is 2. The van der Waals surface area contributed by atoms with Gasteiger partial charge in [0.1, 0.15) is 0 Å².